The Morgan fingerprint density at radius 1 is 1.04 bits per heavy atom. The van der Waals surface area contributed by atoms with Crippen LogP contribution in [-0.2, 0) is 11.3 Å². The van der Waals surface area contributed by atoms with Crippen LogP contribution in [0.5, 0.6) is 0 Å². The monoisotopic (exact) mass is 393 g/mol. The van der Waals surface area contributed by atoms with E-state index in [2.05, 4.69) is 10.2 Å². The van der Waals surface area contributed by atoms with Gasteiger partial charge in [-0.2, -0.15) is 0 Å². The Morgan fingerprint density at radius 3 is 2.50 bits per heavy atom. The fraction of sp³-hybridized carbons (Fsp3) is 0.667. The predicted octanol–water partition coefficient (Wildman–Crippen LogP) is 2.04. The van der Waals surface area contributed by atoms with E-state index in [-0.39, 0.29) is 24.2 Å². The molecule has 1 atom stereocenters. The molecule has 1 amide bonds. The Morgan fingerprint density at radius 2 is 1.75 bits per heavy atom. The smallest absolute Gasteiger partial charge is 0.256 e. The van der Waals surface area contributed by atoms with Crippen molar-refractivity contribution in [2.24, 2.45) is 0 Å². The molecule has 7 heteroatoms. The van der Waals surface area contributed by atoms with Gasteiger partial charge in [-0.05, 0) is 57.7 Å². The molecule has 4 rings (SSSR count). The minimum absolute atomic E-state index is 0.0253. The standard InChI is InChI=1S/C21H29F2N3O2/c22-17-6-1-5-16(18(17)23)13-25-10-4-9-21(28,19(25)27)15-24-14-20-7-2-11-26(20)12-3-8-20/h1,5-6,24,28H,2-4,7-15H2/t21-/m0/s1. The number of aliphatic hydroxyl groups is 1. The summed E-state index contributed by atoms with van der Waals surface area (Å²) in [4.78, 5) is 16.9. The molecule has 28 heavy (non-hydrogen) atoms. The summed E-state index contributed by atoms with van der Waals surface area (Å²) in [6.45, 7) is 3.66. The average Bonchev–Trinajstić information content (AvgIpc) is 3.23. The second-order valence-electron chi connectivity index (χ2n) is 8.60. The van der Waals surface area contributed by atoms with Gasteiger partial charge in [0, 0.05) is 37.3 Å². The zero-order chi connectivity index (χ0) is 19.8. The van der Waals surface area contributed by atoms with E-state index < -0.39 is 23.1 Å². The lowest BCUT2D eigenvalue weighted by molar-refractivity contribution is -0.157. The summed E-state index contributed by atoms with van der Waals surface area (Å²) in [5, 5.41) is 14.4. The SMILES string of the molecule is O=C1N(Cc2cccc(F)c2F)CCC[C@]1(O)CNCC12CCCN1CCC2. The number of nitrogens with zero attached hydrogens (tertiary/aromatic N) is 2. The molecular formula is C21H29F2N3O2. The van der Waals surface area contributed by atoms with Gasteiger partial charge in [0.2, 0.25) is 0 Å². The Bertz CT molecular complexity index is 734. The van der Waals surface area contributed by atoms with Crippen LogP contribution in [0, 0.1) is 11.6 Å². The fourth-order valence-electron chi connectivity index (χ4n) is 5.27. The van der Waals surface area contributed by atoms with Crippen molar-refractivity contribution < 1.29 is 18.7 Å². The third-order valence-corrected chi connectivity index (χ3v) is 6.78. The topological polar surface area (TPSA) is 55.8 Å². The molecule has 3 aliphatic rings. The van der Waals surface area contributed by atoms with Crippen LogP contribution in [0.15, 0.2) is 18.2 Å². The molecule has 0 aliphatic carbocycles. The summed E-state index contributed by atoms with van der Waals surface area (Å²) < 4.78 is 27.4. The molecule has 3 heterocycles. The lowest BCUT2D eigenvalue weighted by Gasteiger charge is -2.39. The van der Waals surface area contributed by atoms with Crippen molar-refractivity contribution >= 4 is 5.91 Å². The third kappa shape index (κ3) is 3.55. The first-order chi connectivity index (χ1) is 13.4. The van der Waals surface area contributed by atoms with Gasteiger partial charge in [-0.1, -0.05) is 12.1 Å². The number of benzene rings is 1. The highest BCUT2D eigenvalue weighted by Gasteiger charge is 2.46. The quantitative estimate of drug-likeness (QED) is 0.777. The lowest BCUT2D eigenvalue weighted by atomic mass is 9.90. The van der Waals surface area contributed by atoms with Crippen LogP contribution < -0.4 is 5.32 Å². The molecule has 3 saturated heterocycles. The number of hydrogen-bond acceptors (Lipinski definition) is 4. The van der Waals surface area contributed by atoms with Gasteiger partial charge in [-0.15, -0.1) is 0 Å². The van der Waals surface area contributed by atoms with E-state index in [9.17, 15) is 18.7 Å². The molecule has 0 saturated carbocycles. The molecule has 1 aromatic carbocycles. The zero-order valence-electron chi connectivity index (χ0n) is 16.2. The molecule has 0 unspecified atom stereocenters. The Labute approximate surface area is 164 Å². The van der Waals surface area contributed by atoms with Gasteiger partial charge in [0.1, 0.15) is 0 Å². The molecule has 0 bridgehead atoms. The highest BCUT2D eigenvalue weighted by atomic mass is 19.2. The van der Waals surface area contributed by atoms with E-state index in [0.29, 0.717) is 19.4 Å². The molecule has 2 N–H and O–H groups in total. The first kappa shape index (κ1) is 19.7. The summed E-state index contributed by atoms with van der Waals surface area (Å²) in [5.74, 6) is -2.25. The zero-order valence-corrected chi connectivity index (χ0v) is 16.2. The van der Waals surface area contributed by atoms with Gasteiger partial charge in [-0.25, -0.2) is 8.78 Å². The molecule has 0 spiro atoms. The van der Waals surface area contributed by atoms with Crippen molar-refractivity contribution in [3.8, 4) is 0 Å². The summed E-state index contributed by atoms with van der Waals surface area (Å²) in [6.07, 6.45) is 5.76. The van der Waals surface area contributed by atoms with E-state index in [0.717, 1.165) is 38.5 Å². The Hall–Kier alpha value is -1.57. The number of amides is 1. The van der Waals surface area contributed by atoms with Crippen LogP contribution in [0.1, 0.15) is 44.1 Å². The second-order valence-corrected chi connectivity index (χ2v) is 8.60. The van der Waals surface area contributed by atoms with E-state index in [1.165, 1.54) is 29.9 Å². The normalized spacial score (nSPS) is 27.4. The van der Waals surface area contributed by atoms with Crippen LogP contribution in [0.25, 0.3) is 0 Å². The number of halogens is 2. The number of likely N-dealkylation sites (tertiary alicyclic amines) is 1. The van der Waals surface area contributed by atoms with Gasteiger partial charge in [0.15, 0.2) is 17.2 Å². The molecule has 5 nitrogen and oxygen atoms in total. The molecule has 154 valence electrons. The van der Waals surface area contributed by atoms with E-state index in [4.69, 9.17) is 0 Å². The minimum atomic E-state index is -1.49. The van der Waals surface area contributed by atoms with Gasteiger partial charge >= 0.3 is 0 Å². The number of fused-ring (bicyclic) bond motifs is 1. The predicted molar refractivity (Wildman–Crippen MR) is 102 cm³/mol. The maximum absolute atomic E-state index is 14.0. The molecule has 0 radical (unpaired) electrons. The van der Waals surface area contributed by atoms with Gasteiger partial charge in [0.25, 0.3) is 5.91 Å². The van der Waals surface area contributed by atoms with Crippen LogP contribution in [0.3, 0.4) is 0 Å². The van der Waals surface area contributed by atoms with Crippen LogP contribution >= 0.6 is 0 Å². The molecule has 3 fully saturated rings. The Balaban J connectivity index is 1.38. The largest absolute Gasteiger partial charge is 0.379 e. The fourth-order valence-corrected chi connectivity index (χ4v) is 5.27. The number of nitrogens with one attached hydrogen (secondary N) is 1. The number of rotatable bonds is 6. The van der Waals surface area contributed by atoms with E-state index in [1.54, 1.807) is 0 Å². The highest BCUT2D eigenvalue weighted by Crippen LogP contribution is 2.38. The van der Waals surface area contributed by atoms with Crippen molar-refractivity contribution in [1.29, 1.82) is 0 Å². The van der Waals surface area contributed by atoms with Crippen molar-refractivity contribution in [1.82, 2.24) is 15.1 Å². The number of hydrogen-bond donors (Lipinski definition) is 2. The van der Waals surface area contributed by atoms with E-state index in [1.807, 2.05) is 0 Å². The Kier molecular flexibility index (Phi) is 5.42. The molecule has 3 aliphatic heterocycles. The third-order valence-electron chi connectivity index (χ3n) is 6.78. The lowest BCUT2D eigenvalue weighted by Crippen LogP contribution is -2.59. The van der Waals surface area contributed by atoms with Crippen molar-refractivity contribution in [2.45, 2.75) is 56.2 Å². The summed E-state index contributed by atoms with van der Waals surface area (Å²) in [5.41, 5.74) is -1.17. The number of carbonyl (C=O) groups is 1. The van der Waals surface area contributed by atoms with Crippen LogP contribution in [0.2, 0.25) is 0 Å². The summed E-state index contributed by atoms with van der Waals surface area (Å²) in [6, 6.07) is 3.97. The second kappa shape index (κ2) is 7.69. The van der Waals surface area contributed by atoms with E-state index >= 15 is 0 Å². The first-order valence-electron chi connectivity index (χ1n) is 10.3. The number of carbonyl (C=O) groups excluding carboxylic acids is 1. The van der Waals surface area contributed by atoms with Gasteiger partial charge < -0.3 is 15.3 Å². The average molecular weight is 393 g/mol. The van der Waals surface area contributed by atoms with Crippen molar-refractivity contribution in [3.05, 3.63) is 35.4 Å². The van der Waals surface area contributed by atoms with Crippen LogP contribution in [-0.4, -0.2) is 64.7 Å². The van der Waals surface area contributed by atoms with Crippen LogP contribution in [0.4, 0.5) is 8.78 Å². The molecule has 0 aromatic heterocycles. The summed E-state index contributed by atoms with van der Waals surface area (Å²) in [7, 11) is 0. The highest BCUT2D eigenvalue weighted by molar-refractivity contribution is 5.86. The van der Waals surface area contributed by atoms with Gasteiger partial charge in [-0.3, -0.25) is 9.69 Å². The molecule has 1 aromatic rings. The maximum atomic E-state index is 14.0. The first-order valence-corrected chi connectivity index (χ1v) is 10.3. The molecular weight excluding hydrogens is 364 g/mol. The van der Waals surface area contributed by atoms with Crippen molar-refractivity contribution in [3.63, 3.8) is 0 Å². The minimum Gasteiger partial charge on any atom is -0.379 e. The van der Waals surface area contributed by atoms with Gasteiger partial charge in [0.05, 0.1) is 0 Å². The summed E-state index contributed by atoms with van der Waals surface area (Å²) >= 11 is 0. The van der Waals surface area contributed by atoms with Crippen molar-refractivity contribution in [2.75, 3.05) is 32.7 Å². The number of piperidine rings is 1. The maximum Gasteiger partial charge on any atom is 0.256 e.